The molecule has 1 heterocycles. The molecule has 0 aliphatic rings. The third kappa shape index (κ3) is 1.87. The molecule has 0 spiro atoms. The summed E-state index contributed by atoms with van der Waals surface area (Å²) >= 11 is 0. The van der Waals surface area contributed by atoms with Gasteiger partial charge in [-0.1, -0.05) is 6.08 Å². The summed E-state index contributed by atoms with van der Waals surface area (Å²) in [4.78, 5) is 0. The van der Waals surface area contributed by atoms with E-state index in [0.717, 1.165) is 12.4 Å². The van der Waals surface area contributed by atoms with Crippen molar-refractivity contribution in [3.8, 4) is 0 Å². The molecule has 0 aliphatic carbocycles. The minimum absolute atomic E-state index is 0.288. The summed E-state index contributed by atoms with van der Waals surface area (Å²) < 4.78 is 37.1. The van der Waals surface area contributed by atoms with Crippen molar-refractivity contribution in [2.75, 3.05) is 0 Å². The van der Waals surface area contributed by atoms with Crippen LogP contribution >= 0.6 is 0 Å². The number of halogens is 3. The van der Waals surface area contributed by atoms with Gasteiger partial charge in [-0.2, -0.15) is 18.3 Å². The van der Waals surface area contributed by atoms with Crippen LogP contribution < -0.4 is 0 Å². The lowest BCUT2D eigenvalue weighted by molar-refractivity contribution is -0.137. The first-order valence-corrected chi connectivity index (χ1v) is 3.24. The molecule has 0 fully saturated rings. The van der Waals surface area contributed by atoms with Gasteiger partial charge in [-0.3, -0.25) is 4.68 Å². The summed E-state index contributed by atoms with van der Waals surface area (Å²) in [6.07, 6.45) is -1.09. The highest BCUT2D eigenvalue weighted by Gasteiger charge is 2.31. The maximum absolute atomic E-state index is 12.0. The Hall–Kier alpha value is -1.26. The van der Waals surface area contributed by atoms with Gasteiger partial charge in [-0.25, -0.2) is 0 Å². The van der Waals surface area contributed by atoms with Crippen LogP contribution in [-0.4, -0.2) is 9.78 Å². The van der Waals surface area contributed by atoms with Crippen molar-refractivity contribution in [1.29, 1.82) is 0 Å². The van der Waals surface area contributed by atoms with E-state index in [1.54, 1.807) is 0 Å². The molecule has 0 bridgehead atoms. The normalized spacial score (nSPS) is 11.6. The van der Waals surface area contributed by atoms with Crippen LogP contribution in [-0.2, 0) is 12.7 Å². The van der Waals surface area contributed by atoms with E-state index in [-0.39, 0.29) is 6.54 Å². The summed E-state index contributed by atoms with van der Waals surface area (Å²) in [5.74, 6) is 0. The van der Waals surface area contributed by atoms with Gasteiger partial charge in [0.25, 0.3) is 0 Å². The number of alkyl halides is 3. The number of hydrogen-bond donors (Lipinski definition) is 0. The molecule has 0 saturated heterocycles. The Morgan fingerprint density at radius 2 is 2.25 bits per heavy atom. The summed E-state index contributed by atoms with van der Waals surface area (Å²) in [6.45, 7) is 3.67. The molecule has 0 N–H and O–H groups in total. The molecule has 66 valence electrons. The Balaban J connectivity index is 2.84. The van der Waals surface area contributed by atoms with Crippen LogP contribution in [0.3, 0.4) is 0 Å². The average molecular weight is 176 g/mol. The predicted molar refractivity (Wildman–Crippen MR) is 37.4 cm³/mol. The van der Waals surface area contributed by atoms with Crippen LogP contribution in [0.5, 0.6) is 0 Å². The largest absolute Gasteiger partial charge is 0.419 e. The molecule has 1 aromatic rings. The molecular weight excluding hydrogens is 169 g/mol. The molecule has 0 atom stereocenters. The van der Waals surface area contributed by atoms with E-state index >= 15 is 0 Å². The zero-order valence-electron chi connectivity index (χ0n) is 6.17. The molecule has 1 aromatic heterocycles. The molecule has 0 aliphatic heterocycles. The minimum Gasteiger partial charge on any atom is -0.268 e. The average Bonchev–Trinajstić information content (AvgIpc) is 2.35. The second kappa shape index (κ2) is 3.00. The van der Waals surface area contributed by atoms with Crippen molar-refractivity contribution >= 4 is 0 Å². The van der Waals surface area contributed by atoms with Crippen molar-refractivity contribution in [1.82, 2.24) is 9.78 Å². The van der Waals surface area contributed by atoms with E-state index < -0.39 is 11.7 Å². The lowest BCUT2D eigenvalue weighted by Gasteiger charge is -2.00. The van der Waals surface area contributed by atoms with Crippen molar-refractivity contribution in [3.63, 3.8) is 0 Å². The quantitative estimate of drug-likeness (QED) is 0.631. The Labute approximate surface area is 67.3 Å². The lowest BCUT2D eigenvalue weighted by atomic mass is 10.4. The smallest absolute Gasteiger partial charge is 0.268 e. The molecule has 0 unspecified atom stereocenters. The SMILES string of the molecule is C=CCn1cc(C(F)(F)F)cn1. The number of nitrogens with zero attached hydrogens (tertiary/aromatic N) is 2. The van der Waals surface area contributed by atoms with Crippen LogP contribution in [0.4, 0.5) is 13.2 Å². The third-order valence-corrected chi connectivity index (χ3v) is 1.28. The van der Waals surface area contributed by atoms with Crippen LogP contribution in [0.1, 0.15) is 5.56 Å². The van der Waals surface area contributed by atoms with Gasteiger partial charge in [0, 0.05) is 6.20 Å². The number of aromatic nitrogens is 2. The molecular formula is C7H7F3N2. The first-order chi connectivity index (χ1) is 5.54. The Kier molecular flexibility index (Phi) is 2.21. The van der Waals surface area contributed by atoms with E-state index in [9.17, 15) is 13.2 Å². The molecule has 0 radical (unpaired) electrons. The lowest BCUT2D eigenvalue weighted by Crippen LogP contribution is -2.03. The molecule has 2 nitrogen and oxygen atoms in total. The summed E-state index contributed by atoms with van der Waals surface area (Å²) in [6, 6.07) is 0. The van der Waals surface area contributed by atoms with Crippen molar-refractivity contribution in [2.24, 2.45) is 0 Å². The maximum atomic E-state index is 12.0. The van der Waals surface area contributed by atoms with Crippen molar-refractivity contribution < 1.29 is 13.2 Å². The van der Waals surface area contributed by atoms with Gasteiger partial charge in [-0.15, -0.1) is 6.58 Å². The van der Waals surface area contributed by atoms with Gasteiger partial charge < -0.3 is 0 Å². The summed E-state index contributed by atoms with van der Waals surface area (Å²) in [7, 11) is 0. The predicted octanol–water partition coefficient (Wildman–Crippen LogP) is 2.09. The van der Waals surface area contributed by atoms with E-state index in [1.807, 2.05) is 0 Å². The topological polar surface area (TPSA) is 17.8 Å². The fourth-order valence-corrected chi connectivity index (χ4v) is 0.742. The van der Waals surface area contributed by atoms with Crippen LogP contribution in [0.25, 0.3) is 0 Å². The Bertz CT molecular complexity index is 274. The number of allylic oxidation sites excluding steroid dienone is 1. The van der Waals surface area contributed by atoms with Gasteiger partial charge in [0.2, 0.25) is 0 Å². The van der Waals surface area contributed by atoms with Gasteiger partial charge in [0.1, 0.15) is 0 Å². The zero-order chi connectivity index (χ0) is 9.19. The van der Waals surface area contributed by atoms with Crippen LogP contribution in [0.15, 0.2) is 25.0 Å². The minimum atomic E-state index is -4.31. The van der Waals surface area contributed by atoms with Crippen LogP contribution in [0.2, 0.25) is 0 Å². The van der Waals surface area contributed by atoms with Gasteiger partial charge in [-0.05, 0) is 0 Å². The van der Waals surface area contributed by atoms with E-state index in [4.69, 9.17) is 0 Å². The standard InChI is InChI=1S/C7H7F3N2/c1-2-3-12-5-6(4-11-12)7(8,9)10/h2,4-5H,1,3H2. The van der Waals surface area contributed by atoms with Crippen molar-refractivity contribution in [2.45, 2.75) is 12.7 Å². The van der Waals surface area contributed by atoms with Gasteiger partial charge in [0.15, 0.2) is 0 Å². The zero-order valence-corrected chi connectivity index (χ0v) is 6.17. The molecule has 1 rings (SSSR count). The summed E-state index contributed by atoms with van der Waals surface area (Å²) in [5.41, 5.74) is -0.732. The highest BCUT2D eigenvalue weighted by molar-refractivity contribution is 5.08. The molecule has 0 amide bonds. The second-order valence-electron chi connectivity index (χ2n) is 2.24. The summed E-state index contributed by atoms with van der Waals surface area (Å²) in [5, 5.41) is 3.50. The first kappa shape index (κ1) is 8.83. The Morgan fingerprint density at radius 1 is 1.58 bits per heavy atom. The molecule has 5 heteroatoms. The fraction of sp³-hybridized carbons (Fsp3) is 0.286. The van der Waals surface area contributed by atoms with Crippen molar-refractivity contribution in [3.05, 3.63) is 30.6 Å². The van der Waals surface area contributed by atoms with Gasteiger partial charge in [0.05, 0.1) is 18.3 Å². The van der Waals surface area contributed by atoms with E-state index in [2.05, 4.69) is 11.7 Å². The Morgan fingerprint density at radius 3 is 2.67 bits per heavy atom. The number of rotatable bonds is 2. The molecule has 0 saturated carbocycles. The van der Waals surface area contributed by atoms with Gasteiger partial charge >= 0.3 is 6.18 Å². The molecule has 0 aromatic carbocycles. The second-order valence-corrected chi connectivity index (χ2v) is 2.24. The highest BCUT2D eigenvalue weighted by Crippen LogP contribution is 2.28. The third-order valence-electron chi connectivity index (χ3n) is 1.28. The monoisotopic (exact) mass is 176 g/mol. The van der Waals surface area contributed by atoms with E-state index in [0.29, 0.717) is 0 Å². The van der Waals surface area contributed by atoms with E-state index in [1.165, 1.54) is 10.8 Å². The maximum Gasteiger partial charge on any atom is 0.419 e. The first-order valence-electron chi connectivity index (χ1n) is 3.24. The fourth-order valence-electron chi connectivity index (χ4n) is 0.742. The number of hydrogen-bond acceptors (Lipinski definition) is 1. The highest BCUT2D eigenvalue weighted by atomic mass is 19.4. The molecule has 12 heavy (non-hydrogen) atoms. The van der Waals surface area contributed by atoms with Crippen LogP contribution in [0, 0.1) is 0 Å².